The van der Waals surface area contributed by atoms with Gasteiger partial charge < -0.3 is 4.74 Å². The maximum atomic E-state index is 11.5. The van der Waals surface area contributed by atoms with Gasteiger partial charge in [0.2, 0.25) is 0 Å². The zero-order chi connectivity index (χ0) is 14.4. The van der Waals surface area contributed by atoms with Gasteiger partial charge >= 0.3 is 6.09 Å². The zero-order valence-corrected chi connectivity index (χ0v) is 10.4. The summed E-state index contributed by atoms with van der Waals surface area (Å²) in [5.74, 6) is 0. The Morgan fingerprint density at radius 1 is 1.30 bits per heavy atom. The molecule has 0 aliphatic carbocycles. The van der Waals surface area contributed by atoms with Gasteiger partial charge in [0.15, 0.2) is 0 Å². The van der Waals surface area contributed by atoms with Gasteiger partial charge in [-0.2, -0.15) is 0 Å². The summed E-state index contributed by atoms with van der Waals surface area (Å²) in [7, 11) is 0. The Morgan fingerprint density at radius 2 is 2.05 bits per heavy atom. The number of amides is 1. The van der Waals surface area contributed by atoms with Crippen molar-refractivity contribution in [2.75, 3.05) is 5.32 Å². The van der Waals surface area contributed by atoms with Crippen LogP contribution in [0.5, 0.6) is 0 Å². The lowest BCUT2D eigenvalue weighted by molar-refractivity contribution is -0.384. The molecule has 7 heteroatoms. The molecule has 0 spiro atoms. The molecule has 1 aromatic heterocycles. The number of hydrogen-bond acceptors (Lipinski definition) is 5. The normalized spacial score (nSPS) is 9.80. The summed E-state index contributed by atoms with van der Waals surface area (Å²) in [5.41, 5.74) is 1.15. The van der Waals surface area contributed by atoms with E-state index in [1.807, 2.05) is 0 Å². The topological polar surface area (TPSA) is 94.4 Å². The lowest BCUT2D eigenvalue weighted by atomic mass is 10.3. The molecule has 1 N–H and O–H groups in total. The first-order chi connectivity index (χ1) is 9.65. The summed E-state index contributed by atoms with van der Waals surface area (Å²) >= 11 is 0. The molecule has 0 saturated carbocycles. The third-order valence-electron chi connectivity index (χ3n) is 2.42. The first-order valence-electron chi connectivity index (χ1n) is 5.72. The van der Waals surface area contributed by atoms with E-state index in [-0.39, 0.29) is 12.3 Å². The summed E-state index contributed by atoms with van der Waals surface area (Å²) in [6.45, 7) is 0.104. The number of carbonyl (C=O) groups excluding carboxylic acids is 1. The molecule has 2 aromatic rings. The fraction of sp³-hybridized carbons (Fsp3) is 0.0769. The number of non-ortho nitro benzene ring substituents is 1. The maximum absolute atomic E-state index is 11.5. The summed E-state index contributed by atoms with van der Waals surface area (Å²) in [6, 6.07) is 9.00. The standard InChI is InChI=1S/C13H11N3O4/c17-13(20-9-10-2-1-7-14-8-10)15-11-3-5-12(6-4-11)16(18)19/h1-8H,9H2,(H,15,17). The van der Waals surface area contributed by atoms with E-state index >= 15 is 0 Å². The van der Waals surface area contributed by atoms with Gasteiger partial charge in [-0.3, -0.25) is 20.4 Å². The van der Waals surface area contributed by atoms with Gasteiger partial charge in [0, 0.05) is 35.8 Å². The molecular weight excluding hydrogens is 262 g/mol. The quantitative estimate of drug-likeness (QED) is 0.682. The van der Waals surface area contributed by atoms with E-state index in [2.05, 4.69) is 10.3 Å². The molecule has 20 heavy (non-hydrogen) atoms. The van der Waals surface area contributed by atoms with Crippen LogP contribution in [0.15, 0.2) is 48.8 Å². The van der Waals surface area contributed by atoms with Crippen LogP contribution in [-0.4, -0.2) is 16.0 Å². The molecule has 1 aromatic carbocycles. The van der Waals surface area contributed by atoms with Crippen LogP contribution in [0.4, 0.5) is 16.2 Å². The minimum Gasteiger partial charge on any atom is -0.444 e. The number of rotatable bonds is 4. The predicted molar refractivity (Wildman–Crippen MR) is 71.1 cm³/mol. The molecule has 0 bridgehead atoms. The third-order valence-corrected chi connectivity index (χ3v) is 2.42. The average Bonchev–Trinajstić information content (AvgIpc) is 2.47. The van der Waals surface area contributed by atoms with E-state index in [1.54, 1.807) is 24.5 Å². The first-order valence-corrected chi connectivity index (χ1v) is 5.72. The number of carbonyl (C=O) groups is 1. The molecule has 1 amide bonds. The molecule has 0 aliphatic rings. The van der Waals surface area contributed by atoms with Gasteiger partial charge in [-0.15, -0.1) is 0 Å². The maximum Gasteiger partial charge on any atom is 0.411 e. The van der Waals surface area contributed by atoms with Crippen molar-refractivity contribution in [1.82, 2.24) is 4.98 Å². The number of ether oxygens (including phenoxy) is 1. The van der Waals surface area contributed by atoms with Crippen LogP contribution < -0.4 is 5.32 Å². The predicted octanol–water partition coefficient (Wildman–Crippen LogP) is 2.74. The van der Waals surface area contributed by atoms with Gasteiger partial charge in [0.1, 0.15) is 6.61 Å². The Morgan fingerprint density at radius 3 is 2.65 bits per heavy atom. The van der Waals surface area contributed by atoms with Crippen molar-refractivity contribution in [3.05, 3.63) is 64.5 Å². The highest BCUT2D eigenvalue weighted by Crippen LogP contribution is 2.15. The SMILES string of the molecule is O=C(Nc1ccc([N+](=O)[O-])cc1)OCc1cccnc1. The summed E-state index contributed by atoms with van der Waals surface area (Å²) in [6.07, 6.45) is 2.59. The van der Waals surface area contributed by atoms with E-state index < -0.39 is 11.0 Å². The van der Waals surface area contributed by atoms with Crippen LogP contribution in [0.3, 0.4) is 0 Å². The molecule has 1 heterocycles. The highest BCUT2D eigenvalue weighted by atomic mass is 16.6. The smallest absolute Gasteiger partial charge is 0.411 e. The Bertz CT molecular complexity index is 599. The Balaban J connectivity index is 1.86. The van der Waals surface area contributed by atoms with Crippen molar-refractivity contribution in [1.29, 1.82) is 0 Å². The molecule has 0 atom stereocenters. The van der Waals surface area contributed by atoms with Gasteiger partial charge in [-0.05, 0) is 18.2 Å². The molecule has 0 saturated heterocycles. The lowest BCUT2D eigenvalue weighted by Crippen LogP contribution is -2.13. The second kappa shape index (κ2) is 6.28. The molecule has 0 radical (unpaired) electrons. The van der Waals surface area contributed by atoms with Gasteiger partial charge in [-0.1, -0.05) is 6.07 Å². The van der Waals surface area contributed by atoms with E-state index in [0.717, 1.165) is 5.56 Å². The number of benzene rings is 1. The molecule has 102 valence electrons. The van der Waals surface area contributed by atoms with Crippen LogP contribution in [0.25, 0.3) is 0 Å². The Kier molecular flexibility index (Phi) is 4.23. The number of anilines is 1. The molecule has 0 unspecified atom stereocenters. The van der Waals surface area contributed by atoms with Gasteiger partial charge in [0.25, 0.3) is 5.69 Å². The Labute approximate surface area is 114 Å². The molecular formula is C13H11N3O4. The average molecular weight is 273 g/mol. The van der Waals surface area contributed by atoms with Crippen LogP contribution >= 0.6 is 0 Å². The van der Waals surface area contributed by atoms with Crippen LogP contribution in [0, 0.1) is 10.1 Å². The van der Waals surface area contributed by atoms with E-state index in [0.29, 0.717) is 5.69 Å². The molecule has 0 aliphatic heterocycles. The fourth-order valence-corrected chi connectivity index (χ4v) is 1.45. The third kappa shape index (κ3) is 3.77. The molecule has 2 rings (SSSR count). The summed E-state index contributed by atoms with van der Waals surface area (Å²) in [5, 5.41) is 13.0. The number of hydrogen-bond donors (Lipinski definition) is 1. The molecule has 0 fully saturated rings. The van der Waals surface area contributed by atoms with Gasteiger partial charge in [0.05, 0.1) is 4.92 Å². The highest BCUT2D eigenvalue weighted by molar-refractivity contribution is 5.84. The zero-order valence-electron chi connectivity index (χ0n) is 10.4. The van der Waals surface area contributed by atoms with Gasteiger partial charge in [-0.25, -0.2) is 4.79 Å². The van der Waals surface area contributed by atoms with Crippen molar-refractivity contribution in [2.24, 2.45) is 0 Å². The van der Waals surface area contributed by atoms with Crippen molar-refractivity contribution in [3.8, 4) is 0 Å². The largest absolute Gasteiger partial charge is 0.444 e. The Hall–Kier alpha value is -2.96. The summed E-state index contributed by atoms with van der Waals surface area (Å²) in [4.78, 5) is 25.4. The number of aromatic nitrogens is 1. The summed E-state index contributed by atoms with van der Waals surface area (Å²) < 4.78 is 4.99. The fourth-order valence-electron chi connectivity index (χ4n) is 1.45. The van der Waals surface area contributed by atoms with E-state index in [9.17, 15) is 14.9 Å². The van der Waals surface area contributed by atoms with E-state index in [4.69, 9.17) is 4.74 Å². The van der Waals surface area contributed by atoms with Crippen molar-refractivity contribution in [3.63, 3.8) is 0 Å². The van der Waals surface area contributed by atoms with E-state index in [1.165, 1.54) is 24.3 Å². The number of nitrogens with zero attached hydrogens (tertiary/aromatic N) is 2. The van der Waals surface area contributed by atoms with Crippen LogP contribution in [0.1, 0.15) is 5.56 Å². The van der Waals surface area contributed by atoms with Crippen molar-refractivity contribution >= 4 is 17.5 Å². The second-order valence-electron chi connectivity index (χ2n) is 3.87. The van der Waals surface area contributed by atoms with Crippen LogP contribution in [0.2, 0.25) is 0 Å². The number of nitro benzene ring substituents is 1. The highest BCUT2D eigenvalue weighted by Gasteiger charge is 2.07. The number of nitrogens with one attached hydrogen (secondary N) is 1. The van der Waals surface area contributed by atoms with Crippen molar-refractivity contribution < 1.29 is 14.5 Å². The minimum atomic E-state index is -0.636. The minimum absolute atomic E-state index is 0.0423. The molecule has 7 nitrogen and oxygen atoms in total. The van der Waals surface area contributed by atoms with Crippen molar-refractivity contribution in [2.45, 2.75) is 6.61 Å². The van der Waals surface area contributed by atoms with Crippen LogP contribution in [-0.2, 0) is 11.3 Å². The number of nitro groups is 1. The first kappa shape index (κ1) is 13.5. The number of pyridine rings is 1. The lowest BCUT2D eigenvalue weighted by Gasteiger charge is -2.06. The monoisotopic (exact) mass is 273 g/mol. The second-order valence-corrected chi connectivity index (χ2v) is 3.87.